The Labute approximate surface area is 387 Å². The quantitative estimate of drug-likeness (QED) is 0.0263. The molecule has 0 saturated heterocycles. The van der Waals surface area contributed by atoms with Crippen molar-refractivity contribution in [3.63, 3.8) is 0 Å². The van der Waals surface area contributed by atoms with Crippen molar-refractivity contribution in [3.8, 4) is 0 Å². The molecule has 0 unspecified atom stereocenters. The van der Waals surface area contributed by atoms with E-state index in [2.05, 4.69) is 130 Å². The lowest BCUT2D eigenvalue weighted by molar-refractivity contribution is -0.167. The standard InChI is InChI=1S/C57H92O6/c1-4-7-10-13-16-19-22-25-28-31-34-37-40-43-46-49-55(58)61-52-54(63-57(60)51-48-45-42-39-36-33-30-27-24-21-18-15-12-9-6-3)53-62-56(59)50-47-44-41-38-35-32-29-26-23-20-17-14-11-8-5-2/h7-8,10-11,16-21,25-30,36,39,54H,4-6,9,12-15,22-24,31-35,37-38,40-53H2,1-3H3/b10-7+,11-8+,19-16+,20-17+,21-18+,28-25+,29-26+,30-27+,39-36+. The van der Waals surface area contributed by atoms with Crippen molar-refractivity contribution in [2.24, 2.45) is 0 Å². The molecule has 6 nitrogen and oxygen atoms in total. The van der Waals surface area contributed by atoms with Gasteiger partial charge < -0.3 is 14.2 Å². The molecule has 0 rings (SSSR count). The Morgan fingerprint density at radius 1 is 0.333 bits per heavy atom. The number of esters is 3. The monoisotopic (exact) mass is 873 g/mol. The van der Waals surface area contributed by atoms with Crippen LogP contribution in [0.15, 0.2) is 109 Å². The molecule has 0 atom stereocenters. The predicted octanol–water partition coefficient (Wildman–Crippen LogP) is 16.8. The molecule has 0 aromatic rings. The minimum atomic E-state index is -0.814. The van der Waals surface area contributed by atoms with Gasteiger partial charge in [-0.3, -0.25) is 14.4 Å². The van der Waals surface area contributed by atoms with E-state index in [0.717, 1.165) is 141 Å². The summed E-state index contributed by atoms with van der Waals surface area (Å²) >= 11 is 0. The first-order chi connectivity index (χ1) is 31.0. The van der Waals surface area contributed by atoms with Crippen LogP contribution in [0.3, 0.4) is 0 Å². The van der Waals surface area contributed by atoms with Crippen LogP contribution in [0, 0.1) is 0 Å². The predicted molar refractivity (Wildman–Crippen MR) is 270 cm³/mol. The van der Waals surface area contributed by atoms with E-state index in [1.54, 1.807) is 0 Å². The third-order valence-corrected chi connectivity index (χ3v) is 10.2. The van der Waals surface area contributed by atoms with Gasteiger partial charge in [0, 0.05) is 19.3 Å². The summed E-state index contributed by atoms with van der Waals surface area (Å²) in [6, 6.07) is 0. The summed E-state index contributed by atoms with van der Waals surface area (Å²) in [6.45, 7) is 6.31. The largest absolute Gasteiger partial charge is 0.462 e. The maximum Gasteiger partial charge on any atom is 0.306 e. The van der Waals surface area contributed by atoms with Crippen LogP contribution in [0.25, 0.3) is 0 Å². The van der Waals surface area contributed by atoms with Crippen LogP contribution < -0.4 is 0 Å². The second-order valence-electron chi connectivity index (χ2n) is 16.3. The molecule has 6 heteroatoms. The molecule has 0 spiro atoms. The van der Waals surface area contributed by atoms with E-state index in [9.17, 15) is 14.4 Å². The SMILES string of the molecule is CC/C=C/C/C=C/C/C=C/CCCCCCCC(=O)OCC(COC(=O)CCCCCCC/C=C/C/C=C/C/C=C/CC)OC(=O)CCCC/C=C/C/C=C/C/C=C/CCCCC. The van der Waals surface area contributed by atoms with Crippen LogP contribution in [0.4, 0.5) is 0 Å². The molecule has 0 heterocycles. The lowest BCUT2D eigenvalue weighted by Gasteiger charge is -2.18. The van der Waals surface area contributed by atoms with E-state index >= 15 is 0 Å². The van der Waals surface area contributed by atoms with Crippen molar-refractivity contribution >= 4 is 17.9 Å². The summed E-state index contributed by atoms with van der Waals surface area (Å²) in [7, 11) is 0. The Morgan fingerprint density at radius 3 is 1.00 bits per heavy atom. The molecule has 0 aliphatic carbocycles. The zero-order valence-corrected chi connectivity index (χ0v) is 40.5. The van der Waals surface area contributed by atoms with Gasteiger partial charge in [-0.2, -0.15) is 0 Å². The fraction of sp³-hybridized carbons (Fsp3) is 0.632. The Balaban J connectivity index is 4.53. The van der Waals surface area contributed by atoms with E-state index in [4.69, 9.17) is 14.2 Å². The molecule has 0 aliphatic heterocycles. The maximum absolute atomic E-state index is 12.8. The maximum atomic E-state index is 12.8. The van der Waals surface area contributed by atoms with E-state index in [1.165, 1.54) is 25.7 Å². The zero-order valence-electron chi connectivity index (χ0n) is 40.5. The van der Waals surface area contributed by atoms with Crippen molar-refractivity contribution in [1.29, 1.82) is 0 Å². The molecule has 0 radical (unpaired) electrons. The highest BCUT2D eigenvalue weighted by Gasteiger charge is 2.19. The number of ether oxygens (including phenoxy) is 3. The molecule has 0 aromatic heterocycles. The summed E-state index contributed by atoms with van der Waals surface area (Å²) in [4.78, 5) is 38.0. The Hall–Kier alpha value is -3.93. The number of allylic oxidation sites excluding steroid dienone is 18. The van der Waals surface area contributed by atoms with Crippen LogP contribution in [0.2, 0.25) is 0 Å². The average molecular weight is 873 g/mol. The highest BCUT2D eigenvalue weighted by atomic mass is 16.6. The van der Waals surface area contributed by atoms with Gasteiger partial charge >= 0.3 is 17.9 Å². The summed E-state index contributed by atoms with van der Waals surface area (Å²) in [5.74, 6) is -0.988. The third kappa shape index (κ3) is 49.0. The van der Waals surface area contributed by atoms with Gasteiger partial charge in [0.05, 0.1) is 0 Å². The minimum Gasteiger partial charge on any atom is -0.462 e. The number of carbonyl (C=O) groups is 3. The lowest BCUT2D eigenvalue weighted by atomic mass is 10.1. The fourth-order valence-electron chi connectivity index (χ4n) is 6.48. The van der Waals surface area contributed by atoms with Crippen LogP contribution in [-0.4, -0.2) is 37.2 Å². The van der Waals surface area contributed by atoms with Gasteiger partial charge in [0.1, 0.15) is 13.2 Å². The van der Waals surface area contributed by atoms with E-state index in [-0.39, 0.29) is 37.5 Å². The number of rotatable bonds is 44. The van der Waals surface area contributed by atoms with Gasteiger partial charge in [-0.05, 0) is 122 Å². The molecule has 0 fully saturated rings. The molecule has 356 valence electrons. The highest BCUT2D eigenvalue weighted by Crippen LogP contribution is 2.12. The fourth-order valence-corrected chi connectivity index (χ4v) is 6.48. The average Bonchev–Trinajstić information content (AvgIpc) is 3.28. The minimum absolute atomic E-state index is 0.110. The molecule has 0 bridgehead atoms. The second kappa shape index (κ2) is 50.7. The van der Waals surface area contributed by atoms with Crippen molar-refractivity contribution in [3.05, 3.63) is 109 Å². The van der Waals surface area contributed by atoms with Crippen LogP contribution in [0.1, 0.15) is 213 Å². The molecular weight excluding hydrogens is 781 g/mol. The summed E-state index contributed by atoms with van der Waals surface area (Å²) in [5, 5.41) is 0. The van der Waals surface area contributed by atoms with Crippen LogP contribution in [0.5, 0.6) is 0 Å². The van der Waals surface area contributed by atoms with E-state index in [1.807, 2.05) is 0 Å². The first kappa shape index (κ1) is 59.1. The molecule has 0 aliphatic rings. The zero-order chi connectivity index (χ0) is 45.8. The van der Waals surface area contributed by atoms with Crippen molar-refractivity contribution in [2.45, 2.75) is 219 Å². The van der Waals surface area contributed by atoms with Gasteiger partial charge in [0.2, 0.25) is 0 Å². The molecule has 0 amide bonds. The van der Waals surface area contributed by atoms with Gasteiger partial charge in [-0.25, -0.2) is 0 Å². The second-order valence-corrected chi connectivity index (χ2v) is 16.3. The number of unbranched alkanes of at least 4 members (excludes halogenated alkanes) is 15. The van der Waals surface area contributed by atoms with Crippen LogP contribution >= 0.6 is 0 Å². The summed E-state index contributed by atoms with van der Waals surface area (Å²) in [6.07, 6.45) is 67.8. The Morgan fingerprint density at radius 2 is 0.619 bits per heavy atom. The molecule has 0 N–H and O–H groups in total. The van der Waals surface area contributed by atoms with Crippen molar-refractivity contribution in [1.82, 2.24) is 0 Å². The molecule has 0 saturated carbocycles. The van der Waals surface area contributed by atoms with Gasteiger partial charge in [-0.15, -0.1) is 0 Å². The summed E-state index contributed by atoms with van der Waals surface area (Å²) in [5.41, 5.74) is 0. The van der Waals surface area contributed by atoms with Gasteiger partial charge in [0.25, 0.3) is 0 Å². The Kier molecular flexibility index (Phi) is 47.5. The molecular formula is C57H92O6. The summed E-state index contributed by atoms with van der Waals surface area (Å²) < 4.78 is 16.7. The first-order valence-electron chi connectivity index (χ1n) is 25.4. The number of hydrogen-bond acceptors (Lipinski definition) is 6. The topological polar surface area (TPSA) is 78.9 Å². The van der Waals surface area contributed by atoms with Gasteiger partial charge in [0.15, 0.2) is 6.10 Å². The smallest absolute Gasteiger partial charge is 0.306 e. The third-order valence-electron chi connectivity index (χ3n) is 10.2. The molecule has 0 aromatic carbocycles. The van der Waals surface area contributed by atoms with Crippen molar-refractivity contribution < 1.29 is 28.6 Å². The van der Waals surface area contributed by atoms with Crippen molar-refractivity contribution in [2.75, 3.05) is 13.2 Å². The Bertz CT molecular complexity index is 1260. The van der Waals surface area contributed by atoms with Gasteiger partial charge in [-0.1, -0.05) is 182 Å². The molecule has 63 heavy (non-hydrogen) atoms. The van der Waals surface area contributed by atoms with E-state index < -0.39 is 6.10 Å². The lowest BCUT2D eigenvalue weighted by Crippen LogP contribution is -2.30. The van der Waals surface area contributed by atoms with Crippen LogP contribution in [-0.2, 0) is 28.6 Å². The van der Waals surface area contributed by atoms with E-state index in [0.29, 0.717) is 19.3 Å². The highest BCUT2D eigenvalue weighted by molar-refractivity contribution is 5.71. The normalized spacial score (nSPS) is 12.6. The number of carbonyl (C=O) groups excluding carboxylic acids is 3. The first-order valence-corrected chi connectivity index (χ1v) is 25.4. The number of hydrogen-bond donors (Lipinski definition) is 0.